The Morgan fingerprint density at radius 2 is 1.04 bits per heavy atom. The molecule has 0 aliphatic carbocycles. The van der Waals surface area contributed by atoms with Crippen LogP contribution in [-0.2, 0) is 0 Å². The van der Waals surface area contributed by atoms with E-state index in [2.05, 4.69) is 97.2 Å². The van der Waals surface area contributed by atoms with Crippen LogP contribution < -0.4 is 19.9 Å². The maximum absolute atomic E-state index is 2.47. The largest absolute Gasteiger partial charge is 0.416 e. The van der Waals surface area contributed by atoms with Crippen molar-refractivity contribution in [2.45, 2.75) is 27.3 Å². The predicted octanol–water partition coefficient (Wildman–Crippen LogP) is 2.14. The fourth-order valence-corrected chi connectivity index (χ4v) is 5.04. The third-order valence-corrected chi connectivity index (χ3v) is 6.47. The Bertz CT molecular complexity index is 939. The molecule has 0 spiro atoms. The summed E-state index contributed by atoms with van der Waals surface area (Å²) in [5.41, 5.74) is 8.53. The van der Waals surface area contributed by atoms with Crippen molar-refractivity contribution in [1.82, 2.24) is 0 Å². The molecule has 2 aromatic heterocycles. The van der Waals surface area contributed by atoms with E-state index in [1.54, 1.807) is 0 Å². The van der Waals surface area contributed by atoms with Crippen molar-refractivity contribution in [2.75, 3.05) is 0 Å². The Balaban J connectivity index is 1.88. The van der Waals surface area contributed by atoms with Gasteiger partial charge >= 0.3 is 12.6 Å². The number of benzene rings is 1. The summed E-state index contributed by atoms with van der Waals surface area (Å²) in [5.74, 6) is 0. The van der Waals surface area contributed by atoms with E-state index in [1.165, 1.54) is 33.4 Å². The summed E-state index contributed by atoms with van der Waals surface area (Å²) in [6.45, 7) is 9.52. The minimum Gasteiger partial charge on any atom is -0.416 e. The zero-order valence-corrected chi connectivity index (χ0v) is 14.8. The topological polar surface area (TPSA) is 7.76 Å². The molecule has 0 radical (unpaired) electrons. The summed E-state index contributed by atoms with van der Waals surface area (Å²) in [7, 11) is 0. The van der Waals surface area contributed by atoms with Crippen molar-refractivity contribution in [3.63, 3.8) is 0 Å². The van der Waals surface area contributed by atoms with E-state index in [4.69, 9.17) is 0 Å². The molecule has 2 nitrogen and oxygen atoms in total. The lowest BCUT2D eigenvalue weighted by molar-refractivity contribution is -0.528. The Morgan fingerprint density at radius 1 is 0.625 bits per heavy atom. The zero-order chi connectivity index (χ0) is 16.7. The normalized spacial score (nSPS) is 17.8. The molecule has 118 valence electrons. The van der Waals surface area contributed by atoms with Gasteiger partial charge in [0.05, 0.1) is 0 Å². The lowest BCUT2D eigenvalue weighted by Gasteiger charge is -2.22. The molecule has 0 N–H and O–H groups in total. The third kappa shape index (κ3) is 1.49. The molecule has 0 saturated heterocycles. The molecule has 2 aliphatic rings. The van der Waals surface area contributed by atoms with Gasteiger partial charge in [0.1, 0.15) is 12.4 Å². The molecule has 0 saturated carbocycles. The lowest BCUT2D eigenvalue weighted by atomic mass is 9.33. The molecule has 4 heterocycles. The second-order valence-electron chi connectivity index (χ2n) is 8.61. The third-order valence-electron chi connectivity index (χ3n) is 6.47. The van der Waals surface area contributed by atoms with Gasteiger partial charge in [-0.1, -0.05) is 24.3 Å². The summed E-state index contributed by atoms with van der Waals surface area (Å²) in [6.07, 6.45) is 2.95. The maximum atomic E-state index is 2.47. The molecular weight excluding hydrogens is 290 g/mol. The highest BCUT2D eigenvalue weighted by Crippen LogP contribution is 2.30. The van der Waals surface area contributed by atoms with Crippen LogP contribution in [-0.4, -0.2) is 12.6 Å². The van der Waals surface area contributed by atoms with Crippen LogP contribution in [0.4, 0.5) is 0 Å². The molecular formula is C20H22B2N2. The van der Waals surface area contributed by atoms with Crippen LogP contribution in [0.25, 0.3) is 22.5 Å². The van der Waals surface area contributed by atoms with Gasteiger partial charge in [-0.3, -0.25) is 0 Å². The first kappa shape index (κ1) is 14.0. The molecule has 5 rings (SSSR count). The van der Waals surface area contributed by atoms with Gasteiger partial charge in [0.25, 0.3) is 0 Å². The van der Waals surface area contributed by atoms with E-state index in [9.17, 15) is 0 Å². The number of rotatable bonds is 0. The smallest absolute Gasteiger partial charge is 0.301 e. The van der Waals surface area contributed by atoms with Crippen molar-refractivity contribution in [1.29, 1.82) is 0 Å². The number of pyridine rings is 2. The Morgan fingerprint density at radius 3 is 1.46 bits per heavy atom. The van der Waals surface area contributed by atoms with Crippen LogP contribution in [0, 0.1) is 0 Å². The summed E-state index contributed by atoms with van der Waals surface area (Å²) in [4.78, 5) is 0. The average molecular weight is 312 g/mol. The number of hydrogen-bond acceptors (Lipinski definition) is 0. The second kappa shape index (κ2) is 4.18. The molecule has 2 aliphatic heterocycles. The average Bonchev–Trinajstić information content (AvgIpc) is 2.95. The van der Waals surface area contributed by atoms with Gasteiger partial charge in [-0.15, -0.1) is 38.2 Å². The molecule has 4 heteroatoms. The Labute approximate surface area is 143 Å². The standard InChI is InChI=1S/C20H22B2N2/c1-21(2)17-13-16-18(14-15(17)19-9-5-7-11-23(19)21)22(3,4)24-12-8-6-10-20(16)24/h5-14H,1-4H3. The van der Waals surface area contributed by atoms with Gasteiger partial charge in [0.15, 0.2) is 11.4 Å². The summed E-state index contributed by atoms with van der Waals surface area (Å²) in [5, 5.41) is 0. The fraction of sp³-hybridized carbons (Fsp3) is 0.200. The van der Waals surface area contributed by atoms with Crippen molar-refractivity contribution < 1.29 is 8.96 Å². The van der Waals surface area contributed by atoms with Crippen molar-refractivity contribution in [3.8, 4) is 22.5 Å². The first-order valence-corrected chi connectivity index (χ1v) is 9.10. The molecule has 0 bridgehead atoms. The molecule has 0 fully saturated rings. The van der Waals surface area contributed by atoms with Gasteiger partial charge in [-0.05, 0) is 12.1 Å². The van der Waals surface area contributed by atoms with Crippen LogP contribution in [0.1, 0.15) is 0 Å². The minimum atomic E-state index is -0.762. The summed E-state index contributed by atoms with van der Waals surface area (Å²) >= 11 is 0. The molecule has 3 aromatic rings. The zero-order valence-electron chi connectivity index (χ0n) is 14.8. The molecule has 0 atom stereocenters. The molecule has 24 heavy (non-hydrogen) atoms. The van der Waals surface area contributed by atoms with E-state index >= 15 is 0 Å². The van der Waals surface area contributed by atoms with Gasteiger partial charge in [-0.2, -0.15) is 0 Å². The molecule has 0 unspecified atom stereocenters. The van der Waals surface area contributed by atoms with Crippen LogP contribution in [0.2, 0.25) is 27.3 Å². The van der Waals surface area contributed by atoms with Crippen LogP contribution in [0.5, 0.6) is 0 Å². The van der Waals surface area contributed by atoms with Crippen molar-refractivity contribution >= 4 is 23.5 Å². The Hall–Kier alpha value is -2.35. The first-order valence-electron chi connectivity index (χ1n) is 9.10. The number of aromatic nitrogens is 2. The van der Waals surface area contributed by atoms with E-state index < -0.39 is 12.6 Å². The van der Waals surface area contributed by atoms with Gasteiger partial charge < -0.3 is 8.96 Å². The van der Waals surface area contributed by atoms with Crippen molar-refractivity contribution in [2.24, 2.45) is 0 Å². The molecule has 0 amide bonds. The highest BCUT2D eigenvalue weighted by molar-refractivity contribution is 6.87. The van der Waals surface area contributed by atoms with Crippen LogP contribution in [0.3, 0.4) is 0 Å². The van der Waals surface area contributed by atoms with Gasteiger partial charge in [-0.25, -0.2) is 0 Å². The number of hydrogen-bond donors (Lipinski definition) is 0. The highest BCUT2D eigenvalue weighted by Gasteiger charge is 2.44. The Kier molecular flexibility index (Phi) is 2.45. The second-order valence-corrected chi connectivity index (χ2v) is 8.61. The fourth-order valence-electron chi connectivity index (χ4n) is 5.04. The lowest BCUT2D eigenvalue weighted by Crippen LogP contribution is -2.65. The maximum Gasteiger partial charge on any atom is 0.301 e. The SMILES string of the molecule is C[B-]1(C)c2cc3c(cc2-c2cccc[n+]21)[B-](C)(C)[n+]1ccccc1-3. The van der Waals surface area contributed by atoms with E-state index in [1.807, 2.05) is 0 Å². The monoisotopic (exact) mass is 312 g/mol. The summed E-state index contributed by atoms with van der Waals surface area (Å²) in [6, 6.07) is 18.1. The van der Waals surface area contributed by atoms with Gasteiger partial charge in [0.2, 0.25) is 0 Å². The van der Waals surface area contributed by atoms with Crippen LogP contribution >= 0.6 is 0 Å². The predicted molar refractivity (Wildman–Crippen MR) is 103 cm³/mol. The quantitative estimate of drug-likeness (QED) is 0.562. The minimum absolute atomic E-state index is 0.762. The number of nitrogens with zero attached hydrogens (tertiary/aromatic N) is 2. The van der Waals surface area contributed by atoms with Crippen molar-refractivity contribution in [3.05, 3.63) is 60.9 Å². The van der Waals surface area contributed by atoms with Crippen LogP contribution in [0.15, 0.2) is 60.9 Å². The first-order chi connectivity index (χ1) is 11.4. The highest BCUT2D eigenvalue weighted by atomic mass is 14.9. The van der Waals surface area contributed by atoms with Gasteiger partial charge in [0, 0.05) is 23.3 Å². The van der Waals surface area contributed by atoms with E-state index in [0.717, 1.165) is 0 Å². The van der Waals surface area contributed by atoms with E-state index in [0.29, 0.717) is 0 Å². The molecule has 1 aromatic carbocycles. The summed E-state index contributed by atoms with van der Waals surface area (Å²) < 4.78 is 4.94. The van der Waals surface area contributed by atoms with E-state index in [-0.39, 0.29) is 0 Å². The number of fused-ring (bicyclic) bond motifs is 6.